The number of ether oxygens (including phenoxy) is 1. The minimum Gasteiger partial charge on any atom is -0.437 e. The fourth-order valence-electron chi connectivity index (χ4n) is 1.08. The normalized spacial score (nSPS) is 9.50. The number of hydrogen-bond donors (Lipinski definition) is 0. The van der Waals surface area contributed by atoms with E-state index in [-0.39, 0.29) is 5.69 Å². The van der Waals surface area contributed by atoms with Gasteiger partial charge in [-0.2, -0.15) is 5.26 Å². The standard InChI is InChI=1S/C11H6IN3O/c12-8-2-1-3-10(4-8)16-11-7-14-9(5-13)6-15-11/h1-4,6-7H. The number of nitrogens with zero attached hydrogens (tertiary/aromatic N) is 3. The lowest BCUT2D eigenvalue weighted by atomic mass is 10.3. The Morgan fingerprint density at radius 1 is 1.25 bits per heavy atom. The third-order valence-corrected chi connectivity index (χ3v) is 2.43. The van der Waals surface area contributed by atoms with Gasteiger partial charge in [0.2, 0.25) is 5.88 Å². The van der Waals surface area contributed by atoms with E-state index < -0.39 is 0 Å². The van der Waals surface area contributed by atoms with E-state index in [0.29, 0.717) is 11.6 Å². The number of hydrogen-bond acceptors (Lipinski definition) is 4. The predicted octanol–water partition coefficient (Wildman–Crippen LogP) is 2.75. The third kappa shape index (κ3) is 2.67. The molecule has 78 valence electrons. The predicted molar refractivity (Wildman–Crippen MR) is 66.0 cm³/mol. The Hall–Kier alpha value is -1.68. The van der Waals surface area contributed by atoms with Crippen LogP contribution in [0.2, 0.25) is 0 Å². The number of aromatic nitrogens is 2. The fourth-order valence-corrected chi connectivity index (χ4v) is 1.59. The third-order valence-electron chi connectivity index (χ3n) is 1.76. The smallest absolute Gasteiger partial charge is 0.237 e. The molecule has 4 nitrogen and oxygen atoms in total. The molecule has 0 radical (unpaired) electrons. The molecule has 2 aromatic rings. The van der Waals surface area contributed by atoms with Crippen molar-refractivity contribution in [3.05, 3.63) is 45.9 Å². The van der Waals surface area contributed by atoms with Gasteiger partial charge in [0.05, 0.1) is 12.4 Å². The topological polar surface area (TPSA) is 58.8 Å². The number of halogens is 1. The van der Waals surface area contributed by atoms with Crippen LogP contribution >= 0.6 is 22.6 Å². The van der Waals surface area contributed by atoms with Crippen LogP contribution in [-0.4, -0.2) is 9.97 Å². The molecule has 0 aliphatic carbocycles. The van der Waals surface area contributed by atoms with E-state index in [9.17, 15) is 0 Å². The fraction of sp³-hybridized carbons (Fsp3) is 0. The lowest BCUT2D eigenvalue weighted by Gasteiger charge is -2.03. The largest absolute Gasteiger partial charge is 0.437 e. The van der Waals surface area contributed by atoms with E-state index in [1.54, 1.807) is 0 Å². The second kappa shape index (κ2) is 4.90. The molecule has 0 atom stereocenters. The second-order valence-electron chi connectivity index (χ2n) is 2.91. The molecule has 1 aromatic carbocycles. The average molecular weight is 323 g/mol. The molecule has 0 saturated heterocycles. The van der Waals surface area contributed by atoms with Crippen LogP contribution in [0.1, 0.15) is 5.69 Å². The van der Waals surface area contributed by atoms with E-state index in [1.165, 1.54) is 12.4 Å². The van der Waals surface area contributed by atoms with Gasteiger partial charge in [-0.3, -0.25) is 0 Å². The summed E-state index contributed by atoms with van der Waals surface area (Å²) >= 11 is 2.20. The van der Waals surface area contributed by atoms with Gasteiger partial charge in [0.1, 0.15) is 11.8 Å². The van der Waals surface area contributed by atoms with E-state index in [2.05, 4.69) is 32.6 Å². The van der Waals surface area contributed by atoms with Crippen molar-refractivity contribution in [2.75, 3.05) is 0 Å². The van der Waals surface area contributed by atoms with Crippen molar-refractivity contribution in [3.8, 4) is 17.7 Å². The Morgan fingerprint density at radius 2 is 2.12 bits per heavy atom. The molecule has 0 bridgehead atoms. The highest BCUT2D eigenvalue weighted by Crippen LogP contribution is 2.20. The van der Waals surface area contributed by atoms with Gasteiger partial charge in [-0.15, -0.1) is 0 Å². The van der Waals surface area contributed by atoms with Crippen molar-refractivity contribution in [2.24, 2.45) is 0 Å². The highest BCUT2D eigenvalue weighted by Gasteiger charge is 2.00. The van der Waals surface area contributed by atoms with Gasteiger partial charge in [-0.25, -0.2) is 9.97 Å². The number of nitriles is 1. The Kier molecular flexibility index (Phi) is 3.31. The van der Waals surface area contributed by atoms with E-state index in [4.69, 9.17) is 10.00 Å². The van der Waals surface area contributed by atoms with Crippen LogP contribution in [0.5, 0.6) is 11.6 Å². The van der Waals surface area contributed by atoms with Crippen molar-refractivity contribution in [1.29, 1.82) is 5.26 Å². The Labute approximate surface area is 106 Å². The van der Waals surface area contributed by atoms with Gasteiger partial charge in [-0.1, -0.05) is 6.07 Å². The first-order valence-electron chi connectivity index (χ1n) is 4.43. The molecule has 0 aliphatic heterocycles. The average Bonchev–Trinajstić information content (AvgIpc) is 2.30. The summed E-state index contributed by atoms with van der Waals surface area (Å²) in [5.41, 5.74) is 0.273. The van der Waals surface area contributed by atoms with Gasteiger partial charge in [-0.05, 0) is 40.8 Å². The van der Waals surface area contributed by atoms with Crippen molar-refractivity contribution in [3.63, 3.8) is 0 Å². The maximum absolute atomic E-state index is 8.56. The maximum Gasteiger partial charge on any atom is 0.237 e. The summed E-state index contributed by atoms with van der Waals surface area (Å²) in [5.74, 6) is 1.08. The first-order valence-corrected chi connectivity index (χ1v) is 5.51. The molecule has 0 spiro atoms. The van der Waals surface area contributed by atoms with Crippen LogP contribution < -0.4 is 4.74 Å². The molecule has 0 aliphatic rings. The first-order chi connectivity index (χ1) is 7.78. The minimum atomic E-state index is 0.273. The summed E-state index contributed by atoms with van der Waals surface area (Å²) in [5, 5.41) is 8.56. The van der Waals surface area contributed by atoms with Gasteiger partial charge >= 0.3 is 0 Å². The minimum absolute atomic E-state index is 0.273. The first kappa shape index (κ1) is 10.8. The van der Waals surface area contributed by atoms with Crippen LogP contribution in [0, 0.1) is 14.9 Å². The molecular formula is C11H6IN3O. The zero-order chi connectivity index (χ0) is 11.4. The van der Waals surface area contributed by atoms with Crippen LogP contribution in [0.4, 0.5) is 0 Å². The molecule has 5 heteroatoms. The SMILES string of the molecule is N#Cc1cnc(Oc2cccc(I)c2)cn1. The summed E-state index contributed by atoms with van der Waals surface area (Å²) in [6.07, 6.45) is 2.81. The van der Waals surface area contributed by atoms with Crippen molar-refractivity contribution in [1.82, 2.24) is 9.97 Å². The summed E-state index contributed by atoms with van der Waals surface area (Å²) < 4.78 is 6.55. The van der Waals surface area contributed by atoms with Gasteiger partial charge in [0.15, 0.2) is 5.69 Å². The summed E-state index contributed by atoms with van der Waals surface area (Å²) in [6.45, 7) is 0. The van der Waals surface area contributed by atoms with E-state index in [0.717, 1.165) is 3.57 Å². The highest BCUT2D eigenvalue weighted by atomic mass is 127. The molecule has 0 amide bonds. The molecule has 2 rings (SSSR count). The van der Waals surface area contributed by atoms with Crippen molar-refractivity contribution < 1.29 is 4.74 Å². The number of benzene rings is 1. The Bertz CT molecular complexity index is 534. The lowest BCUT2D eigenvalue weighted by Crippen LogP contribution is -1.91. The van der Waals surface area contributed by atoms with Gasteiger partial charge in [0.25, 0.3) is 0 Å². The molecule has 0 fully saturated rings. The summed E-state index contributed by atoms with van der Waals surface area (Å²) in [7, 11) is 0. The van der Waals surface area contributed by atoms with Crippen LogP contribution in [0.25, 0.3) is 0 Å². The summed E-state index contributed by atoms with van der Waals surface area (Å²) in [4.78, 5) is 7.83. The van der Waals surface area contributed by atoms with E-state index in [1.807, 2.05) is 30.3 Å². The molecule has 16 heavy (non-hydrogen) atoms. The molecular weight excluding hydrogens is 317 g/mol. The van der Waals surface area contributed by atoms with Crippen molar-refractivity contribution in [2.45, 2.75) is 0 Å². The lowest BCUT2D eigenvalue weighted by molar-refractivity contribution is 0.459. The Balaban J connectivity index is 2.18. The number of rotatable bonds is 2. The zero-order valence-corrected chi connectivity index (χ0v) is 10.2. The Morgan fingerprint density at radius 3 is 2.75 bits per heavy atom. The second-order valence-corrected chi connectivity index (χ2v) is 4.16. The van der Waals surface area contributed by atoms with Gasteiger partial charge < -0.3 is 4.74 Å². The van der Waals surface area contributed by atoms with Crippen LogP contribution in [-0.2, 0) is 0 Å². The molecule has 0 N–H and O–H groups in total. The zero-order valence-electron chi connectivity index (χ0n) is 8.09. The van der Waals surface area contributed by atoms with Crippen LogP contribution in [0.15, 0.2) is 36.7 Å². The quantitative estimate of drug-likeness (QED) is 0.798. The van der Waals surface area contributed by atoms with Gasteiger partial charge in [0, 0.05) is 3.57 Å². The van der Waals surface area contributed by atoms with E-state index >= 15 is 0 Å². The summed E-state index contributed by atoms with van der Waals surface area (Å²) in [6, 6.07) is 9.49. The molecule has 0 saturated carbocycles. The monoisotopic (exact) mass is 323 g/mol. The van der Waals surface area contributed by atoms with Crippen LogP contribution in [0.3, 0.4) is 0 Å². The molecule has 1 aromatic heterocycles. The molecule has 0 unspecified atom stereocenters. The molecule has 1 heterocycles. The van der Waals surface area contributed by atoms with Crippen molar-refractivity contribution >= 4 is 22.6 Å². The highest BCUT2D eigenvalue weighted by molar-refractivity contribution is 14.1. The maximum atomic E-state index is 8.56.